The first kappa shape index (κ1) is 24.1. The van der Waals surface area contributed by atoms with Gasteiger partial charge in [0.2, 0.25) is 0 Å². The van der Waals surface area contributed by atoms with Crippen molar-refractivity contribution in [2.24, 2.45) is 4.99 Å². The number of thiazole rings is 1. The number of halogens is 2. The van der Waals surface area contributed by atoms with Crippen molar-refractivity contribution in [3.63, 3.8) is 0 Å². The highest BCUT2D eigenvalue weighted by atomic mass is 35.5. The van der Waals surface area contributed by atoms with E-state index in [-0.39, 0.29) is 34.3 Å². The summed E-state index contributed by atoms with van der Waals surface area (Å²) in [5, 5.41) is 10.6. The van der Waals surface area contributed by atoms with Gasteiger partial charge in [0.1, 0.15) is 0 Å². The average molecular weight is 519 g/mol. The Balaban J connectivity index is 1.95. The van der Waals surface area contributed by atoms with E-state index >= 15 is 0 Å². The molecule has 3 aromatic rings. The van der Waals surface area contributed by atoms with Crippen LogP contribution in [0.4, 0.5) is 0 Å². The Morgan fingerprint density at radius 3 is 2.62 bits per heavy atom. The van der Waals surface area contributed by atoms with Crippen molar-refractivity contribution in [3.05, 3.63) is 88.5 Å². The van der Waals surface area contributed by atoms with Gasteiger partial charge in [0, 0.05) is 5.02 Å². The number of fused-ring (bicyclic) bond motifs is 1. The summed E-state index contributed by atoms with van der Waals surface area (Å²) < 4.78 is 12.3. The topological polar surface area (TPSA) is 90.1 Å². The van der Waals surface area contributed by atoms with Gasteiger partial charge in [-0.15, -0.1) is 0 Å². The Morgan fingerprint density at radius 2 is 1.97 bits per heavy atom. The van der Waals surface area contributed by atoms with Crippen LogP contribution in [0.1, 0.15) is 31.0 Å². The molecule has 1 aromatic heterocycles. The lowest BCUT2D eigenvalue weighted by atomic mass is 9.96. The van der Waals surface area contributed by atoms with Crippen LogP contribution in [0.3, 0.4) is 0 Å². The van der Waals surface area contributed by atoms with Crippen LogP contribution in [0.2, 0.25) is 10.0 Å². The number of hydrogen-bond acceptors (Lipinski definition) is 7. The minimum Gasteiger partial charge on any atom is -0.503 e. The Kier molecular flexibility index (Phi) is 6.84. The molecule has 2 heterocycles. The highest BCUT2D eigenvalue weighted by Crippen LogP contribution is 2.35. The number of esters is 1. The third kappa shape index (κ3) is 4.36. The van der Waals surface area contributed by atoms with Crippen molar-refractivity contribution in [1.82, 2.24) is 4.57 Å². The van der Waals surface area contributed by atoms with E-state index in [1.807, 2.05) is 0 Å². The Bertz CT molecular complexity index is 1490. The zero-order valence-electron chi connectivity index (χ0n) is 18.5. The molecule has 0 saturated carbocycles. The second-order valence-corrected chi connectivity index (χ2v) is 9.26. The molecular formula is C24H20Cl2N2O5S. The monoisotopic (exact) mass is 518 g/mol. The summed E-state index contributed by atoms with van der Waals surface area (Å²) in [6.45, 7) is 3.63. The fourth-order valence-electron chi connectivity index (χ4n) is 3.74. The van der Waals surface area contributed by atoms with Gasteiger partial charge < -0.3 is 14.6 Å². The quantitative estimate of drug-likeness (QED) is 0.518. The molecule has 1 atom stereocenters. The van der Waals surface area contributed by atoms with Gasteiger partial charge in [-0.05, 0) is 55.3 Å². The summed E-state index contributed by atoms with van der Waals surface area (Å²) in [5.41, 5.74) is 1.69. The summed E-state index contributed by atoms with van der Waals surface area (Å²) >= 11 is 13.4. The number of ether oxygens (including phenoxy) is 2. The predicted octanol–water partition coefficient (Wildman–Crippen LogP) is 3.82. The number of carbonyl (C=O) groups is 1. The molecular weight excluding hydrogens is 499 g/mol. The normalized spacial score (nSPS) is 15.7. The molecule has 0 spiro atoms. The van der Waals surface area contributed by atoms with E-state index < -0.39 is 12.0 Å². The van der Waals surface area contributed by atoms with Crippen molar-refractivity contribution in [3.8, 4) is 11.5 Å². The highest BCUT2D eigenvalue weighted by molar-refractivity contribution is 7.07. The van der Waals surface area contributed by atoms with Gasteiger partial charge in [-0.3, -0.25) is 9.36 Å². The maximum Gasteiger partial charge on any atom is 0.338 e. The van der Waals surface area contributed by atoms with Gasteiger partial charge in [-0.2, -0.15) is 0 Å². The molecule has 1 N–H and O–H groups in total. The van der Waals surface area contributed by atoms with E-state index in [9.17, 15) is 14.7 Å². The van der Waals surface area contributed by atoms with Gasteiger partial charge in [-0.25, -0.2) is 9.79 Å². The fraction of sp³-hybridized carbons (Fsp3) is 0.208. The molecule has 0 saturated heterocycles. The van der Waals surface area contributed by atoms with Crippen LogP contribution in [0.5, 0.6) is 11.5 Å². The Labute approximate surface area is 208 Å². The molecule has 176 valence electrons. The second-order valence-electron chi connectivity index (χ2n) is 7.41. The van der Waals surface area contributed by atoms with Crippen LogP contribution in [-0.4, -0.2) is 29.4 Å². The van der Waals surface area contributed by atoms with Crippen molar-refractivity contribution in [1.29, 1.82) is 0 Å². The first-order valence-electron chi connectivity index (χ1n) is 10.3. The summed E-state index contributed by atoms with van der Waals surface area (Å²) in [7, 11) is 1.41. The Morgan fingerprint density at radius 1 is 1.26 bits per heavy atom. The fourth-order valence-corrected chi connectivity index (χ4v) is 5.13. The van der Waals surface area contributed by atoms with Crippen molar-refractivity contribution in [2.75, 3.05) is 13.7 Å². The molecule has 2 aromatic carbocycles. The molecule has 0 unspecified atom stereocenters. The van der Waals surface area contributed by atoms with Crippen molar-refractivity contribution >= 4 is 46.6 Å². The first-order valence-corrected chi connectivity index (χ1v) is 11.8. The summed E-state index contributed by atoms with van der Waals surface area (Å²) in [5.74, 6) is -0.528. The first-order chi connectivity index (χ1) is 16.2. The minimum atomic E-state index is -0.729. The number of nitrogens with zero attached hydrogens (tertiary/aromatic N) is 2. The molecule has 10 heteroatoms. The number of aromatic hydroxyl groups is 1. The van der Waals surface area contributed by atoms with Crippen LogP contribution in [0.15, 0.2) is 57.5 Å². The van der Waals surface area contributed by atoms with Crippen LogP contribution < -0.4 is 19.6 Å². The lowest BCUT2D eigenvalue weighted by molar-refractivity contribution is -0.139. The third-order valence-electron chi connectivity index (χ3n) is 5.27. The summed E-state index contributed by atoms with van der Waals surface area (Å²) in [4.78, 5) is 31.4. The number of phenolic OH excluding ortho intramolecular Hbond substituents is 1. The van der Waals surface area contributed by atoms with E-state index in [0.717, 1.165) is 0 Å². The minimum absolute atomic E-state index is 0.0952. The van der Waals surface area contributed by atoms with E-state index in [2.05, 4.69) is 4.99 Å². The van der Waals surface area contributed by atoms with Crippen LogP contribution in [0.25, 0.3) is 6.08 Å². The zero-order valence-corrected chi connectivity index (χ0v) is 20.8. The Hall–Kier alpha value is -3.07. The van der Waals surface area contributed by atoms with E-state index in [1.54, 1.807) is 50.3 Å². The van der Waals surface area contributed by atoms with E-state index in [4.69, 9.17) is 32.7 Å². The molecule has 34 heavy (non-hydrogen) atoms. The molecule has 0 bridgehead atoms. The van der Waals surface area contributed by atoms with Crippen molar-refractivity contribution in [2.45, 2.75) is 19.9 Å². The molecule has 0 radical (unpaired) electrons. The van der Waals surface area contributed by atoms with Gasteiger partial charge >= 0.3 is 5.97 Å². The molecule has 0 fully saturated rings. The smallest absolute Gasteiger partial charge is 0.338 e. The molecule has 1 aliphatic rings. The molecule has 1 aliphatic heterocycles. The largest absolute Gasteiger partial charge is 0.503 e. The number of hydrogen-bond donors (Lipinski definition) is 1. The number of aromatic nitrogens is 1. The average Bonchev–Trinajstić information content (AvgIpc) is 3.10. The van der Waals surface area contributed by atoms with E-state index in [0.29, 0.717) is 31.2 Å². The highest BCUT2D eigenvalue weighted by Gasteiger charge is 2.33. The number of rotatable bonds is 5. The van der Waals surface area contributed by atoms with Gasteiger partial charge in [0.15, 0.2) is 16.3 Å². The third-order valence-corrected chi connectivity index (χ3v) is 6.79. The van der Waals surface area contributed by atoms with Crippen molar-refractivity contribution < 1.29 is 19.4 Å². The standard InChI is InChI=1S/C24H20Cl2N2O5S/c1-4-33-23(31)19-12(2)27-24-28(20(19)14-5-7-15(25)8-6-14)22(30)18(34-24)11-13-9-16(26)21(29)17(10-13)32-3/h5-11,20,29H,4H2,1-3H3/b18-11-/t20-/m1/s1. The second kappa shape index (κ2) is 9.66. The van der Waals surface area contributed by atoms with Gasteiger partial charge in [-0.1, -0.05) is 46.7 Å². The molecule has 7 nitrogen and oxygen atoms in total. The molecule has 4 rings (SSSR count). The molecule has 0 amide bonds. The van der Waals surface area contributed by atoms with Crippen LogP contribution in [0, 0.1) is 0 Å². The lowest BCUT2D eigenvalue weighted by Gasteiger charge is -2.24. The van der Waals surface area contributed by atoms with Crippen LogP contribution >= 0.6 is 34.5 Å². The number of phenols is 1. The lowest BCUT2D eigenvalue weighted by Crippen LogP contribution is -2.39. The number of carbonyl (C=O) groups excluding carboxylic acids is 1. The van der Waals surface area contributed by atoms with Crippen LogP contribution in [-0.2, 0) is 9.53 Å². The summed E-state index contributed by atoms with van der Waals surface area (Å²) in [6, 6.07) is 9.33. The molecule has 0 aliphatic carbocycles. The number of benzene rings is 2. The maximum absolute atomic E-state index is 13.6. The van der Waals surface area contributed by atoms with E-state index in [1.165, 1.54) is 29.1 Å². The summed E-state index contributed by atoms with van der Waals surface area (Å²) in [6.07, 6.45) is 1.64. The number of methoxy groups -OCH3 is 1. The van der Waals surface area contributed by atoms with Gasteiger partial charge in [0.05, 0.1) is 40.6 Å². The predicted molar refractivity (Wildman–Crippen MR) is 132 cm³/mol. The number of allylic oxidation sites excluding steroid dienone is 1. The van der Waals surface area contributed by atoms with Gasteiger partial charge in [0.25, 0.3) is 5.56 Å². The zero-order chi connectivity index (χ0) is 24.6. The SMILES string of the molecule is CCOC(=O)C1=C(C)N=c2s/c(=C\c3cc(Cl)c(O)c(OC)c3)c(=O)n2[C@@H]1c1ccc(Cl)cc1. The maximum atomic E-state index is 13.6.